The molecule has 88 valence electrons. The second kappa shape index (κ2) is 5.11. The maximum Gasteiger partial charge on any atom is 0.295 e. The number of hydrogen-bond acceptors (Lipinski definition) is 3. The Kier molecular flexibility index (Phi) is 3.77. The van der Waals surface area contributed by atoms with Crippen LogP contribution < -0.4 is 0 Å². The van der Waals surface area contributed by atoms with Crippen LogP contribution in [-0.2, 0) is 9.05 Å². The first-order valence-corrected chi connectivity index (χ1v) is 6.98. The molecule has 16 heavy (non-hydrogen) atoms. The zero-order chi connectivity index (χ0) is 11.4. The van der Waals surface area contributed by atoms with Gasteiger partial charge in [-0.05, 0) is 26.1 Å². The van der Waals surface area contributed by atoms with Gasteiger partial charge in [-0.1, -0.05) is 18.2 Å². The van der Waals surface area contributed by atoms with E-state index in [1.807, 2.05) is 44.3 Å². The topological polar surface area (TPSA) is 34.1 Å². The Bertz CT molecular complexity index is 394. The van der Waals surface area contributed by atoms with Crippen molar-refractivity contribution < 1.29 is 9.05 Å². The third-order valence-corrected chi connectivity index (χ3v) is 5.06. The number of benzene rings is 1. The van der Waals surface area contributed by atoms with Gasteiger partial charge in [-0.2, -0.15) is 0 Å². The smallest absolute Gasteiger partial charge is 0.295 e. The van der Waals surface area contributed by atoms with Gasteiger partial charge in [0.05, 0.1) is 18.9 Å². The van der Waals surface area contributed by atoms with Gasteiger partial charge in [-0.25, -0.2) is 9.42 Å². The molecule has 0 amide bonds. The first-order valence-electron chi connectivity index (χ1n) is 5.45. The van der Waals surface area contributed by atoms with Gasteiger partial charge < -0.3 is 9.05 Å². The molecule has 1 atom stereocenters. The average Bonchev–Trinajstić information content (AvgIpc) is 2.62. The summed E-state index contributed by atoms with van der Waals surface area (Å²) in [6, 6.07) is 9.85. The van der Waals surface area contributed by atoms with E-state index in [0.717, 1.165) is 12.2 Å². The molecule has 0 saturated carbocycles. The largest absolute Gasteiger partial charge is 0.312 e. The minimum atomic E-state index is -2.20. The Labute approximate surface area is 96.5 Å². The molecule has 0 bridgehead atoms. The Morgan fingerprint density at radius 1 is 1.44 bits per heavy atom. The van der Waals surface area contributed by atoms with Crippen LogP contribution in [0.25, 0.3) is 0 Å². The van der Waals surface area contributed by atoms with Crippen molar-refractivity contribution in [2.24, 2.45) is 4.74 Å². The molecule has 1 aliphatic heterocycles. The molecule has 0 N–H and O–H groups in total. The molecule has 0 spiro atoms. The van der Waals surface area contributed by atoms with Gasteiger partial charge in [0.15, 0.2) is 0 Å². The molecule has 1 heterocycles. The molecule has 1 aromatic rings. The fourth-order valence-electron chi connectivity index (χ4n) is 1.60. The van der Waals surface area contributed by atoms with Crippen molar-refractivity contribution in [2.75, 3.05) is 26.8 Å². The lowest BCUT2D eigenvalue weighted by Gasteiger charge is -2.23. The van der Waals surface area contributed by atoms with E-state index in [1.165, 1.54) is 0 Å². The van der Waals surface area contributed by atoms with Crippen molar-refractivity contribution in [2.45, 2.75) is 6.92 Å². The van der Waals surface area contributed by atoms with Crippen molar-refractivity contribution in [1.29, 1.82) is 0 Å². The molecule has 1 aliphatic rings. The van der Waals surface area contributed by atoms with E-state index in [2.05, 4.69) is 9.42 Å². The predicted octanol–water partition coefficient (Wildman–Crippen LogP) is 3.26. The van der Waals surface area contributed by atoms with E-state index in [-0.39, 0.29) is 0 Å². The minimum absolute atomic E-state index is 0.619. The molecule has 2 rings (SSSR count). The summed E-state index contributed by atoms with van der Waals surface area (Å²) in [7, 11) is -0.199. The summed E-state index contributed by atoms with van der Waals surface area (Å²) in [5.74, 6) is 0. The van der Waals surface area contributed by atoms with Crippen LogP contribution in [0.15, 0.2) is 35.1 Å². The van der Waals surface area contributed by atoms with Crippen molar-refractivity contribution >= 4 is 13.3 Å². The fourth-order valence-corrected chi connectivity index (χ4v) is 3.75. The molecule has 4 nitrogen and oxygen atoms in total. The Hall–Kier alpha value is -0.670. The molecule has 1 aromatic carbocycles. The quantitative estimate of drug-likeness (QED) is 0.760. The summed E-state index contributed by atoms with van der Waals surface area (Å²) in [6.07, 6.45) is 0. The lowest BCUT2D eigenvalue weighted by molar-refractivity contribution is 0.271. The number of rotatable bonds is 3. The summed E-state index contributed by atoms with van der Waals surface area (Å²) in [5.41, 5.74) is 0.915. The Morgan fingerprint density at radius 3 is 2.75 bits per heavy atom. The highest BCUT2D eigenvalue weighted by Crippen LogP contribution is 2.59. The molecule has 5 heteroatoms. The van der Waals surface area contributed by atoms with Crippen LogP contribution in [-0.4, -0.2) is 31.5 Å². The van der Waals surface area contributed by atoms with Crippen LogP contribution in [0, 0.1) is 0 Å². The fraction of sp³-hybridized carbons (Fsp3) is 0.455. The number of hydrogen-bond donors (Lipinski definition) is 0. The van der Waals surface area contributed by atoms with Crippen LogP contribution in [0.4, 0.5) is 5.69 Å². The second-order valence-corrected chi connectivity index (χ2v) is 5.94. The minimum Gasteiger partial charge on any atom is -0.312 e. The third-order valence-electron chi connectivity index (χ3n) is 2.40. The molecule has 0 radical (unpaired) electrons. The number of likely N-dealkylation sites (N-methyl/N-ethyl adjacent to an activating group) is 1. The zero-order valence-electron chi connectivity index (χ0n) is 9.67. The number of nitrogens with zero attached hydrogens (tertiary/aromatic N) is 2. The lowest BCUT2D eigenvalue weighted by atomic mass is 10.3. The molecular formula is C11H17N2O2P. The second-order valence-electron chi connectivity index (χ2n) is 3.56. The van der Waals surface area contributed by atoms with Crippen molar-refractivity contribution in [3.63, 3.8) is 0 Å². The maximum atomic E-state index is 5.75. The molecule has 1 saturated heterocycles. The van der Waals surface area contributed by atoms with E-state index >= 15 is 0 Å². The van der Waals surface area contributed by atoms with Gasteiger partial charge in [-0.3, -0.25) is 0 Å². The van der Waals surface area contributed by atoms with Gasteiger partial charge in [0.1, 0.15) is 0 Å². The lowest BCUT2D eigenvalue weighted by Crippen LogP contribution is -2.11. The average molecular weight is 240 g/mol. The van der Waals surface area contributed by atoms with Gasteiger partial charge in [0.25, 0.3) is 7.66 Å². The summed E-state index contributed by atoms with van der Waals surface area (Å²) in [6.45, 7) is 4.16. The maximum absolute atomic E-state index is 5.75. The van der Waals surface area contributed by atoms with E-state index in [1.54, 1.807) is 0 Å². The third kappa shape index (κ3) is 2.36. The molecule has 0 aliphatic carbocycles. The predicted molar refractivity (Wildman–Crippen MR) is 65.7 cm³/mol. The SMILES string of the molecule is CCOP1(=Nc2ccccc2)OCCN1C. The van der Waals surface area contributed by atoms with E-state index in [4.69, 9.17) is 9.05 Å². The van der Waals surface area contributed by atoms with Crippen molar-refractivity contribution in [3.05, 3.63) is 30.3 Å². The van der Waals surface area contributed by atoms with Crippen LogP contribution in [0.1, 0.15) is 6.92 Å². The molecule has 1 fully saturated rings. The van der Waals surface area contributed by atoms with Gasteiger partial charge in [0.2, 0.25) is 0 Å². The Balaban J connectivity index is 2.36. The normalized spacial score (nSPS) is 25.9. The van der Waals surface area contributed by atoms with E-state index in [0.29, 0.717) is 13.2 Å². The van der Waals surface area contributed by atoms with E-state index < -0.39 is 7.66 Å². The van der Waals surface area contributed by atoms with Gasteiger partial charge >= 0.3 is 0 Å². The molecule has 1 unspecified atom stereocenters. The summed E-state index contributed by atoms with van der Waals surface area (Å²) >= 11 is 0. The van der Waals surface area contributed by atoms with Crippen LogP contribution in [0.5, 0.6) is 0 Å². The van der Waals surface area contributed by atoms with Crippen LogP contribution in [0.3, 0.4) is 0 Å². The first-order chi connectivity index (χ1) is 7.77. The first kappa shape index (κ1) is 11.8. The Morgan fingerprint density at radius 2 is 2.19 bits per heavy atom. The molecule has 0 aromatic heterocycles. The van der Waals surface area contributed by atoms with Crippen LogP contribution >= 0.6 is 7.66 Å². The summed E-state index contributed by atoms with van der Waals surface area (Å²) in [4.78, 5) is 0. The highest BCUT2D eigenvalue weighted by Gasteiger charge is 2.33. The van der Waals surface area contributed by atoms with E-state index in [9.17, 15) is 0 Å². The highest BCUT2D eigenvalue weighted by atomic mass is 31.2. The zero-order valence-corrected chi connectivity index (χ0v) is 10.6. The van der Waals surface area contributed by atoms with Crippen molar-refractivity contribution in [3.8, 4) is 0 Å². The van der Waals surface area contributed by atoms with Crippen LogP contribution in [0.2, 0.25) is 0 Å². The summed E-state index contributed by atoms with van der Waals surface area (Å²) < 4.78 is 18.2. The van der Waals surface area contributed by atoms with Crippen molar-refractivity contribution in [1.82, 2.24) is 4.67 Å². The van der Waals surface area contributed by atoms with Gasteiger partial charge in [0, 0.05) is 6.54 Å². The van der Waals surface area contributed by atoms with Gasteiger partial charge in [-0.15, -0.1) is 0 Å². The standard InChI is InChI=1S/C11H17N2O2P/c1-3-14-16(13(2)9-10-15-16)12-11-7-5-4-6-8-11/h4-8H,3,9-10H2,1-2H3. The summed E-state index contributed by atoms with van der Waals surface area (Å²) in [5, 5.41) is 0. The molecular weight excluding hydrogens is 223 g/mol. The highest BCUT2D eigenvalue weighted by molar-refractivity contribution is 7.54. The monoisotopic (exact) mass is 240 g/mol.